The molecule has 0 aliphatic carbocycles. The monoisotopic (exact) mass is 713 g/mol. The number of aryl methyl sites for hydroxylation is 1. The number of esters is 1. The van der Waals surface area contributed by atoms with Crippen LogP contribution < -0.4 is 20.7 Å². The molecule has 0 aliphatic heterocycles. The van der Waals surface area contributed by atoms with Crippen molar-refractivity contribution < 1.29 is 64.2 Å². The Morgan fingerprint density at radius 2 is 1.46 bits per heavy atom. The largest absolute Gasteiger partial charge is 0.486 e. The lowest BCUT2D eigenvalue weighted by Crippen LogP contribution is -2.48. The number of ether oxygens (including phenoxy) is 2. The van der Waals surface area contributed by atoms with E-state index >= 15 is 0 Å². The topological polar surface area (TPSA) is 140 Å². The fraction of sp³-hybridized carbons (Fsp3) is 0.303. The van der Waals surface area contributed by atoms with Crippen molar-refractivity contribution in [2.75, 3.05) is 18.5 Å². The van der Waals surface area contributed by atoms with Crippen LogP contribution in [0.4, 0.5) is 36.4 Å². The number of hydrogen-bond donors (Lipinski definition) is 3. The van der Waals surface area contributed by atoms with Gasteiger partial charge in [-0.1, -0.05) is 49.4 Å². The van der Waals surface area contributed by atoms with E-state index in [4.69, 9.17) is 9.47 Å². The number of anilines is 1. The van der Waals surface area contributed by atoms with Gasteiger partial charge in [-0.05, 0) is 48.2 Å². The fourth-order valence-electron chi connectivity index (χ4n) is 4.31. The molecule has 0 bridgehead atoms. The Bertz CT molecular complexity index is 1660. The minimum Gasteiger partial charge on any atom is -0.486 e. The zero-order valence-corrected chi connectivity index (χ0v) is 26.2. The van der Waals surface area contributed by atoms with E-state index in [1.807, 2.05) is 5.32 Å². The lowest BCUT2D eigenvalue weighted by atomic mass is 10.1. The van der Waals surface area contributed by atoms with Gasteiger partial charge in [0.2, 0.25) is 5.91 Å². The molecule has 0 saturated carbocycles. The Balaban J connectivity index is 1.68. The lowest BCUT2D eigenvalue weighted by Gasteiger charge is -2.19. The van der Waals surface area contributed by atoms with Gasteiger partial charge in [-0.2, -0.15) is 26.3 Å². The molecule has 3 amide bonds. The van der Waals surface area contributed by atoms with E-state index < -0.39 is 96.6 Å². The van der Waals surface area contributed by atoms with Crippen LogP contribution in [-0.2, 0) is 54.1 Å². The first-order chi connectivity index (χ1) is 23.5. The smallest absolute Gasteiger partial charge is 0.416 e. The second-order valence-corrected chi connectivity index (χ2v) is 10.6. The maximum atomic E-state index is 14.2. The second-order valence-electron chi connectivity index (χ2n) is 10.6. The highest BCUT2D eigenvalue weighted by atomic mass is 19.4. The molecule has 3 rings (SSSR count). The van der Waals surface area contributed by atoms with E-state index in [2.05, 4.69) is 10.6 Å². The highest BCUT2D eigenvalue weighted by Gasteiger charge is 2.37. The van der Waals surface area contributed by atoms with Gasteiger partial charge in [0, 0.05) is 6.42 Å². The molecule has 0 heterocycles. The molecule has 3 aromatic carbocycles. The summed E-state index contributed by atoms with van der Waals surface area (Å²) in [5, 5.41) is 6.26. The van der Waals surface area contributed by atoms with Crippen LogP contribution in [0.2, 0.25) is 0 Å². The molecular formula is C33H30F7N3O7. The lowest BCUT2D eigenvalue weighted by molar-refractivity contribution is -0.146. The Morgan fingerprint density at radius 1 is 0.820 bits per heavy atom. The van der Waals surface area contributed by atoms with Crippen LogP contribution in [0.5, 0.6) is 5.75 Å². The summed E-state index contributed by atoms with van der Waals surface area (Å²) in [6.07, 6.45) is -11.0. The van der Waals surface area contributed by atoms with E-state index in [-0.39, 0.29) is 30.5 Å². The summed E-state index contributed by atoms with van der Waals surface area (Å²) >= 11 is 0. The molecule has 0 aromatic heterocycles. The van der Waals surface area contributed by atoms with Gasteiger partial charge in [0.15, 0.2) is 5.78 Å². The van der Waals surface area contributed by atoms with Crippen molar-refractivity contribution in [2.24, 2.45) is 0 Å². The van der Waals surface area contributed by atoms with Crippen LogP contribution in [0.1, 0.15) is 42.0 Å². The number of amides is 3. The summed E-state index contributed by atoms with van der Waals surface area (Å²) in [7, 11) is 0. The standard InChI is InChI=1S/C33H30F7N3O7/c1-2-20-9-6-10-24(34)29(20)43-31(48)30(47)41-16-27(45)42-25(11-12-28(46)50-17-19-7-4-3-5-8-19)26(44)18-49-23-14-21(32(35,36)37)13-22(15-23)33(38,39)40/h3-10,13-15,25H,2,11-12,16-18H2,1H3,(H,41,47)(H,42,45)(H,43,48)/t25-/m0/s1. The fourth-order valence-corrected chi connectivity index (χ4v) is 4.31. The first-order valence-corrected chi connectivity index (χ1v) is 14.8. The van der Waals surface area contributed by atoms with Crippen molar-refractivity contribution in [3.63, 3.8) is 0 Å². The van der Waals surface area contributed by atoms with Gasteiger partial charge in [-0.25, -0.2) is 4.39 Å². The molecule has 0 saturated heterocycles. The zero-order valence-electron chi connectivity index (χ0n) is 26.2. The molecule has 0 fully saturated rings. The Labute approximate surface area is 280 Å². The summed E-state index contributed by atoms with van der Waals surface area (Å²) in [4.78, 5) is 62.7. The molecule has 0 aliphatic rings. The van der Waals surface area contributed by atoms with E-state index in [0.29, 0.717) is 17.5 Å². The van der Waals surface area contributed by atoms with E-state index in [0.717, 1.165) is 6.07 Å². The second kappa shape index (κ2) is 17.3. The normalized spacial score (nSPS) is 12.0. The van der Waals surface area contributed by atoms with E-state index in [1.165, 1.54) is 12.1 Å². The third-order valence-corrected chi connectivity index (χ3v) is 6.88. The maximum Gasteiger partial charge on any atom is 0.416 e. The molecule has 3 aromatic rings. The summed E-state index contributed by atoms with van der Waals surface area (Å²) in [6, 6.07) is 11.2. The van der Waals surface area contributed by atoms with Gasteiger partial charge in [0.25, 0.3) is 0 Å². The molecule has 0 unspecified atom stereocenters. The summed E-state index contributed by atoms with van der Waals surface area (Å²) in [5.74, 6) is -7.41. The number of benzene rings is 3. The van der Waals surface area contributed by atoms with Crippen LogP contribution in [0, 0.1) is 5.82 Å². The minimum absolute atomic E-state index is 0.133. The number of carbonyl (C=O) groups excluding carboxylic acids is 5. The summed E-state index contributed by atoms with van der Waals surface area (Å²) in [6.45, 7) is -0.499. The number of ketones is 1. The third kappa shape index (κ3) is 11.9. The van der Waals surface area contributed by atoms with Crippen molar-refractivity contribution >= 4 is 35.2 Å². The average molecular weight is 714 g/mol. The maximum absolute atomic E-state index is 14.2. The highest BCUT2D eigenvalue weighted by molar-refractivity contribution is 6.40. The molecule has 50 heavy (non-hydrogen) atoms. The van der Waals surface area contributed by atoms with Crippen LogP contribution in [0.25, 0.3) is 0 Å². The quantitative estimate of drug-likeness (QED) is 0.120. The Morgan fingerprint density at radius 3 is 2.06 bits per heavy atom. The molecule has 0 spiro atoms. The number of alkyl halides is 6. The van der Waals surface area contributed by atoms with Crippen molar-refractivity contribution in [3.8, 4) is 5.75 Å². The number of halogens is 7. The van der Waals surface area contributed by atoms with Crippen molar-refractivity contribution in [1.82, 2.24) is 10.6 Å². The van der Waals surface area contributed by atoms with Crippen molar-refractivity contribution in [3.05, 3.63) is 94.8 Å². The zero-order chi connectivity index (χ0) is 37.1. The van der Waals surface area contributed by atoms with E-state index in [1.54, 1.807) is 37.3 Å². The van der Waals surface area contributed by atoms with Crippen molar-refractivity contribution in [2.45, 2.75) is 51.2 Å². The highest BCUT2D eigenvalue weighted by Crippen LogP contribution is 2.38. The number of para-hydroxylation sites is 1. The number of rotatable bonds is 14. The third-order valence-electron chi connectivity index (χ3n) is 6.88. The molecule has 1 atom stereocenters. The molecule has 3 N–H and O–H groups in total. The molecule has 268 valence electrons. The minimum atomic E-state index is -5.19. The van der Waals surface area contributed by atoms with Gasteiger partial charge in [0.1, 0.15) is 24.8 Å². The van der Waals surface area contributed by atoms with E-state index in [9.17, 15) is 54.7 Å². The van der Waals surface area contributed by atoms with Crippen LogP contribution in [0.3, 0.4) is 0 Å². The van der Waals surface area contributed by atoms with Gasteiger partial charge < -0.3 is 25.4 Å². The van der Waals surface area contributed by atoms with Gasteiger partial charge in [0.05, 0.1) is 29.4 Å². The van der Waals surface area contributed by atoms with Gasteiger partial charge >= 0.3 is 30.1 Å². The Kier molecular flexibility index (Phi) is 13.4. The van der Waals surface area contributed by atoms with Crippen molar-refractivity contribution in [1.29, 1.82) is 0 Å². The molecule has 17 heteroatoms. The van der Waals surface area contributed by atoms with Gasteiger partial charge in [-0.15, -0.1) is 0 Å². The number of carbonyl (C=O) groups is 5. The first-order valence-electron chi connectivity index (χ1n) is 14.8. The predicted octanol–water partition coefficient (Wildman–Crippen LogP) is 5.14. The summed E-state index contributed by atoms with van der Waals surface area (Å²) < 4.78 is 104. The number of nitrogens with one attached hydrogen (secondary N) is 3. The Hall–Kier alpha value is -5.48. The molecule has 10 nitrogen and oxygen atoms in total. The predicted molar refractivity (Wildman–Crippen MR) is 162 cm³/mol. The number of hydrogen-bond acceptors (Lipinski definition) is 7. The van der Waals surface area contributed by atoms with Crippen LogP contribution >= 0.6 is 0 Å². The number of Topliss-reactive ketones (excluding diaryl/α,β-unsaturated/α-hetero) is 1. The first kappa shape index (κ1) is 39.0. The average Bonchev–Trinajstić information content (AvgIpc) is 3.07. The molecule has 0 radical (unpaired) electrons. The van der Waals surface area contributed by atoms with Crippen LogP contribution in [-0.4, -0.2) is 48.7 Å². The summed E-state index contributed by atoms with van der Waals surface area (Å²) in [5.41, 5.74) is -2.61. The molecular weight excluding hydrogens is 683 g/mol. The van der Waals surface area contributed by atoms with Crippen LogP contribution in [0.15, 0.2) is 66.7 Å². The SMILES string of the molecule is CCc1cccc(F)c1NC(=O)C(=O)NCC(=O)N[C@@H](CCC(=O)OCc1ccccc1)C(=O)COc1cc(C(F)(F)F)cc(C(F)(F)F)c1. The van der Waals surface area contributed by atoms with Gasteiger partial charge in [-0.3, -0.25) is 24.0 Å².